The summed E-state index contributed by atoms with van der Waals surface area (Å²) >= 11 is 0. The monoisotopic (exact) mass is 359 g/mol. The van der Waals surface area contributed by atoms with Gasteiger partial charge < -0.3 is 15.0 Å². The Kier molecular flexibility index (Phi) is 6.92. The molecule has 3 rings (SSSR count). The summed E-state index contributed by atoms with van der Waals surface area (Å²) in [6.07, 6.45) is 6.14. The van der Waals surface area contributed by atoms with Crippen molar-refractivity contribution in [3.8, 4) is 5.75 Å². The van der Waals surface area contributed by atoms with Gasteiger partial charge in [0.25, 0.3) is 0 Å². The number of carbonyl (C=O) groups excluding carboxylic acids is 1. The molecule has 2 fully saturated rings. The van der Waals surface area contributed by atoms with Crippen LogP contribution in [-0.4, -0.2) is 60.6 Å². The van der Waals surface area contributed by atoms with Crippen LogP contribution in [0.4, 0.5) is 5.69 Å². The molecule has 26 heavy (non-hydrogen) atoms. The molecule has 0 spiro atoms. The summed E-state index contributed by atoms with van der Waals surface area (Å²) in [5.74, 6) is 0.962. The Morgan fingerprint density at radius 1 is 1.08 bits per heavy atom. The summed E-state index contributed by atoms with van der Waals surface area (Å²) in [7, 11) is 0. The smallest absolute Gasteiger partial charge is 0.238 e. The minimum absolute atomic E-state index is 0.0709. The molecule has 1 aromatic rings. The van der Waals surface area contributed by atoms with E-state index in [9.17, 15) is 4.79 Å². The molecule has 0 unspecified atom stereocenters. The third-order valence-electron chi connectivity index (χ3n) is 5.46. The van der Waals surface area contributed by atoms with Crippen LogP contribution in [0.3, 0.4) is 0 Å². The first kappa shape index (κ1) is 19.2. The maximum absolute atomic E-state index is 12.2. The van der Waals surface area contributed by atoms with Crippen molar-refractivity contribution in [2.75, 3.05) is 38.0 Å². The van der Waals surface area contributed by atoms with Crippen molar-refractivity contribution in [1.29, 1.82) is 0 Å². The molecule has 1 N–H and O–H groups in total. The molecule has 0 saturated carbocycles. The third kappa shape index (κ3) is 5.71. The van der Waals surface area contributed by atoms with Crippen LogP contribution < -0.4 is 10.1 Å². The lowest BCUT2D eigenvalue weighted by Gasteiger charge is -2.34. The number of amides is 1. The SMILES string of the molecule is CC(C)N1CCC(Oc2ccc(NC(=O)CN3CCCCC3)cc2)CC1. The minimum atomic E-state index is 0.0709. The van der Waals surface area contributed by atoms with Crippen LogP contribution in [-0.2, 0) is 4.79 Å². The van der Waals surface area contributed by atoms with Gasteiger partial charge in [-0.25, -0.2) is 0 Å². The fourth-order valence-corrected chi connectivity index (χ4v) is 3.84. The third-order valence-corrected chi connectivity index (χ3v) is 5.46. The van der Waals surface area contributed by atoms with Crippen molar-refractivity contribution in [1.82, 2.24) is 9.80 Å². The van der Waals surface area contributed by atoms with E-state index in [-0.39, 0.29) is 5.91 Å². The van der Waals surface area contributed by atoms with Crippen molar-refractivity contribution in [2.45, 2.75) is 58.1 Å². The number of hydrogen-bond acceptors (Lipinski definition) is 4. The number of ether oxygens (including phenoxy) is 1. The van der Waals surface area contributed by atoms with Crippen LogP contribution >= 0.6 is 0 Å². The number of nitrogens with zero attached hydrogens (tertiary/aromatic N) is 2. The van der Waals surface area contributed by atoms with Gasteiger partial charge in [-0.05, 0) is 76.9 Å². The number of rotatable bonds is 6. The van der Waals surface area contributed by atoms with Gasteiger partial charge in [0.1, 0.15) is 11.9 Å². The van der Waals surface area contributed by atoms with E-state index < -0.39 is 0 Å². The zero-order chi connectivity index (χ0) is 18.4. The van der Waals surface area contributed by atoms with E-state index in [0.29, 0.717) is 18.7 Å². The second-order valence-electron chi connectivity index (χ2n) is 7.86. The lowest BCUT2D eigenvalue weighted by atomic mass is 10.1. The van der Waals surface area contributed by atoms with Gasteiger partial charge in [0.15, 0.2) is 0 Å². The van der Waals surface area contributed by atoms with Crippen LogP contribution in [0, 0.1) is 0 Å². The average molecular weight is 360 g/mol. The summed E-state index contributed by atoms with van der Waals surface area (Å²) in [6.45, 7) is 9.28. The maximum Gasteiger partial charge on any atom is 0.238 e. The fourth-order valence-electron chi connectivity index (χ4n) is 3.84. The number of carbonyl (C=O) groups is 1. The fraction of sp³-hybridized carbons (Fsp3) is 0.667. The van der Waals surface area contributed by atoms with Crippen molar-refractivity contribution in [3.63, 3.8) is 0 Å². The largest absolute Gasteiger partial charge is 0.490 e. The van der Waals surface area contributed by atoms with Gasteiger partial charge in [-0.3, -0.25) is 9.69 Å². The molecule has 0 aromatic heterocycles. The second kappa shape index (κ2) is 9.38. The lowest BCUT2D eigenvalue weighted by Crippen LogP contribution is -2.41. The van der Waals surface area contributed by atoms with Gasteiger partial charge in [0, 0.05) is 24.8 Å². The second-order valence-corrected chi connectivity index (χ2v) is 7.86. The first-order valence-corrected chi connectivity index (χ1v) is 10.1. The normalized spacial score (nSPS) is 20.3. The standard InChI is InChI=1S/C21H33N3O2/c1-17(2)24-14-10-20(11-15-24)26-19-8-6-18(7-9-19)22-21(25)16-23-12-4-3-5-13-23/h6-9,17,20H,3-5,10-16H2,1-2H3,(H,22,25). The molecule has 144 valence electrons. The number of anilines is 1. The lowest BCUT2D eigenvalue weighted by molar-refractivity contribution is -0.117. The highest BCUT2D eigenvalue weighted by molar-refractivity contribution is 5.92. The van der Waals surface area contributed by atoms with Gasteiger partial charge in [-0.2, -0.15) is 0 Å². The van der Waals surface area contributed by atoms with Gasteiger partial charge in [0.05, 0.1) is 6.54 Å². The van der Waals surface area contributed by atoms with Crippen molar-refractivity contribution in [3.05, 3.63) is 24.3 Å². The Balaban J connectivity index is 1.42. The van der Waals surface area contributed by atoms with Gasteiger partial charge in [0.2, 0.25) is 5.91 Å². The van der Waals surface area contributed by atoms with Gasteiger partial charge in [-0.1, -0.05) is 6.42 Å². The van der Waals surface area contributed by atoms with E-state index in [1.807, 2.05) is 24.3 Å². The Labute approximate surface area is 157 Å². The van der Waals surface area contributed by atoms with Crippen LogP contribution in [0.5, 0.6) is 5.75 Å². The van der Waals surface area contributed by atoms with Crippen LogP contribution in [0.2, 0.25) is 0 Å². The zero-order valence-corrected chi connectivity index (χ0v) is 16.2. The van der Waals surface area contributed by atoms with Crippen LogP contribution in [0.15, 0.2) is 24.3 Å². The molecule has 0 bridgehead atoms. The first-order valence-electron chi connectivity index (χ1n) is 10.1. The Morgan fingerprint density at radius 3 is 2.35 bits per heavy atom. The summed E-state index contributed by atoms with van der Waals surface area (Å²) in [5.41, 5.74) is 0.842. The molecule has 2 heterocycles. The number of benzene rings is 1. The first-order chi connectivity index (χ1) is 12.6. The molecular formula is C21H33N3O2. The van der Waals surface area contributed by atoms with Crippen molar-refractivity contribution < 1.29 is 9.53 Å². The van der Waals surface area contributed by atoms with E-state index in [0.717, 1.165) is 50.5 Å². The van der Waals surface area contributed by atoms with Crippen molar-refractivity contribution >= 4 is 11.6 Å². The summed E-state index contributed by atoms with van der Waals surface area (Å²) in [5, 5.41) is 3.00. The summed E-state index contributed by atoms with van der Waals surface area (Å²) in [4.78, 5) is 16.9. The topological polar surface area (TPSA) is 44.8 Å². The minimum Gasteiger partial charge on any atom is -0.490 e. The Hall–Kier alpha value is -1.59. The molecule has 2 aliphatic heterocycles. The predicted octanol–water partition coefficient (Wildman–Crippen LogP) is 3.36. The van der Waals surface area contributed by atoms with Crippen LogP contribution in [0.1, 0.15) is 46.0 Å². The average Bonchev–Trinajstić information content (AvgIpc) is 2.64. The Bertz CT molecular complexity index is 559. The summed E-state index contributed by atoms with van der Waals surface area (Å²) in [6, 6.07) is 8.42. The molecule has 0 atom stereocenters. The zero-order valence-electron chi connectivity index (χ0n) is 16.2. The predicted molar refractivity (Wildman–Crippen MR) is 106 cm³/mol. The number of likely N-dealkylation sites (tertiary alicyclic amines) is 2. The van der Waals surface area contributed by atoms with Crippen LogP contribution in [0.25, 0.3) is 0 Å². The van der Waals surface area contributed by atoms with E-state index in [2.05, 4.69) is 29.0 Å². The molecule has 0 radical (unpaired) electrons. The summed E-state index contributed by atoms with van der Waals surface area (Å²) < 4.78 is 6.12. The van der Waals surface area contributed by atoms with E-state index >= 15 is 0 Å². The number of nitrogens with one attached hydrogen (secondary N) is 1. The molecule has 2 saturated heterocycles. The van der Waals surface area contributed by atoms with Gasteiger partial charge >= 0.3 is 0 Å². The molecule has 5 nitrogen and oxygen atoms in total. The molecule has 5 heteroatoms. The molecule has 0 aliphatic carbocycles. The molecule has 1 aromatic carbocycles. The molecule has 1 amide bonds. The quantitative estimate of drug-likeness (QED) is 0.846. The highest BCUT2D eigenvalue weighted by atomic mass is 16.5. The van der Waals surface area contributed by atoms with Crippen molar-refractivity contribution in [2.24, 2.45) is 0 Å². The highest BCUT2D eigenvalue weighted by Crippen LogP contribution is 2.22. The number of piperidine rings is 2. The van der Waals surface area contributed by atoms with Gasteiger partial charge in [-0.15, -0.1) is 0 Å². The van der Waals surface area contributed by atoms with E-state index in [1.54, 1.807) is 0 Å². The maximum atomic E-state index is 12.2. The van der Waals surface area contributed by atoms with E-state index in [1.165, 1.54) is 19.3 Å². The molecule has 2 aliphatic rings. The highest BCUT2D eigenvalue weighted by Gasteiger charge is 2.22. The Morgan fingerprint density at radius 2 is 1.73 bits per heavy atom. The molecular weight excluding hydrogens is 326 g/mol. The number of hydrogen-bond donors (Lipinski definition) is 1. The van der Waals surface area contributed by atoms with E-state index in [4.69, 9.17) is 4.74 Å².